The van der Waals surface area contributed by atoms with Crippen molar-refractivity contribution in [3.8, 4) is 5.75 Å². The number of hydrogen-bond donors (Lipinski definition) is 1. The van der Waals surface area contributed by atoms with Gasteiger partial charge in [-0.25, -0.2) is 0 Å². The normalized spacial score (nSPS) is 12.7. The molecule has 0 fully saturated rings. The summed E-state index contributed by atoms with van der Waals surface area (Å²) in [5.41, 5.74) is 2.74. The van der Waals surface area contributed by atoms with Crippen LogP contribution in [0.2, 0.25) is 10.0 Å². The third kappa shape index (κ3) is 7.62. The molecule has 2 amide bonds. The molecule has 0 aromatic heterocycles. The maximum Gasteiger partial charge on any atom is 0.261 e. The van der Waals surface area contributed by atoms with Crippen molar-refractivity contribution < 1.29 is 14.3 Å². The molecule has 0 unspecified atom stereocenters. The van der Waals surface area contributed by atoms with Crippen LogP contribution in [0.5, 0.6) is 5.75 Å². The van der Waals surface area contributed by atoms with Gasteiger partial charge in [-0.15, -0.1) is 0 Å². The average molecular weight is 558 g/mol. The number of ether oxygens (including phenoxy) is 1. The summed E-state index contributed by atoms with van der Waals surface area (Å²) in [7, 11) is 0. The molecule has 2 aromatic rings. The van der Waals surface area contributed by atoms with Gasteiger partial charge in [0, 0.05) is 27.1 Å². The van der Waals surface area contributed by atoms with Gasteiger partial charge in [-0.3, -0.25) is 9.59 Å². The molecule has 2 aromatic carbocycles. The number of aryl methyl sites for hydroxylation is 2. The lowest BCUT2D eigenvalue weighted by Crippen LogP contribution is -2.51. The van der Waals surface area contributed by atoms with Crippen molar-refractivity contribution in [3.63, 3.8) is 0 Å². The maximum absolute atomic E-state index is 13.3. The Bertz CT molecular complexity index is 977. The van der Waals surface area contributed by atoms with Crippen molar-refractivity contribution in [1.82, 2.24) is 10.2 Å². The quantitative estimate of drug-likeness (QED) is 0.364. The molecule has 8 heteroatoms. The Labute approximate surface area is 214 Å². The highest BCUT2D eigenvalue weighted by Gasteiger charge is 2.30. The molecule has 33 heavy (non-hydrogen) atoms. The minimum Gasteiger partial charge on any atom is -0.484 e. The Kier molecular flexibility index (Phi) is 10.5. The molecule has 0 aliphatic heterocycles. The highest BCUT2D eigenvalue weighted by molar-refractivity contribution is 9.10. The van der Waals surface area contributed by atoms with Gasteiger partial charge in [0.2, 0.25) is 5.91 Å². The van der Waals surface area contributed by atoms with Gasteiger partial charge in [0.1, 0.15) is 11.8 Å². The first-order chi connectivity index (χ1) is 15.6. The standard InChI is InChI=1S/C25H31BrCl2N2O3/c1-6-17(5)29-25(32)22(7-2)30(13-18-8-9-19(27)12-21(18)28)23(31)14-33-20-10-15(3)24(26)16(4)11-20/h8-12,17,22H,6-7,13-14H2,1-5H3,(H,29,32)/t17-,22+/m1/s1. The van der Waals surface area contributed by atoms with E-state index in [4.69, 9.17) is 27.9 Å². The number of nitrogens with one attached hydrogen (secondary N) is 1. The topological polar surface area (TPSA) is 58.6 Å². The lowest BCUT2D eigenvalue weighted by molar-refractivity contribution is -0.143. The molecule has 0 saturated carbocycles. The third-order valence-corrected chi connectivity index (χ3v) is 7.35. The number of nitrogens with zero attached hydrogens (tertiary/aromatic N) is 1. The highest BCUT2D eigenvalue weighted by atomic mass is 79.9. The summed E-state index contributed by atoms with van der Waals surface area (Å²) in [5.74, 6) is 0.106. The monoisotopic (exact) mass is 556 g/mol. The molecule has 0 spiro atoms. The van der Waals surface area contributed by atoms with Crippen LogP contribution in [0, 0.1) is 13.8 Å². The zero-order valence-corrected chi connectivity index (χ0v) is 22.8. The van der Waals surface area contributed by atoms with E-state index in [1.165, 1.54) is 4.90 Å². The summed E-state index contributed by atoms with van der Waals surface area (Å²) in [6, 6.07) is 8.21. The van der Waals surface area contributed by atoms with Crippen molar-refractivity contribution >= 4 is 50.9 Å². The molecule has 2 atom stereocenters. The summed E-state index contributed by atoms with van der Waals surface area (Å²) in [6.45, 7) is 9.72. The Hall–Kier alpha value is -1.76. The predicted octanol–water partition coefficient (Wildman–Crippen LogP) is 6.47. The summed E-state index contributed by atoms with van der Waals surface area (Å²) >= 11 is 15.9. The first kappa shape index (κ1) is 27.5. The minimum atomic E-state index is -0.657. The van der Waals surface area contributed by atoms with E-state index in [9.17, 15) is 9.59 Å². The molecule has 0 aliphatic carbocycles. The number of carbonyl (C=O) groups excluding carboxylic acids is 2. The van der Waals surface area contributed by atoms with Gasteiger partial charge in [-0.1, -0.05) is 59.0 Å². The van der Waals surface area contributed by atoms with Crippen LogP contribution in [0.1, 0.15) is 50.3 Å². The van der Waals surface area contributed by atoms with Gasteiger partial charge in [0.05, 0.1) is 0 Å². The van der Waals surface area contributed by atoms with Gasteiger partial charge >= 0.3 is 0 Å². The van der Waals surface area contributed by atoms with E-state index < -0.39 is 6.04 Å². The fourth-order valence-corrected chi connectivity index (χ4v) is 4.11. The molecule has 0 bridgehead atoms. The third-order valence-electron chi connectivity index (χ3n) is 5.52. The smallest absolute Gasteiger partial charge is 0.261 e. The van der Waals surface area contributed by atoms with Gasteiger partial charge in [0.25, 0.3) is 5.91 Å². The van der Waals surface area contributed by atoms with Crippen molar-refractivity contribution in [1.29, 1.82) is 0 Å². The second kappa shape index (κ2) is 12.6. The van der Waals surface area contributed by atoms with E-state index in [0.29, 0.717) is 27.8 Å². The molecule has 1 N–H and O–H groups in total. The van der Waals surface area contributed by atoms with Crippen LogP contribution in [0.3, 0.4) is 0 Å². The van der Waals surface area contributed by atoms with Crippen molar-refractivity contribution in [2.75, 3.05) is 6.61 Å². The van der Waals surface area contributed by atoms with Gasteiger partial charge < -0.3 is 15.0 Å². The zero-order chi connectivity index (χ0) is 24.7. The molecule has 180 valence electrons. The molecular formula is C25H31BrCl2N2O3. The second-order valence-electron chi connectivity index (χ2n) is 8.16. The number of halogens is 3. The van der Waals surface area contributed by atoms with E-state index in [1.54, 1.807) is 18.2 Å². The molecule has 0 aliphatic rings. The van der Waals surface area contributed by atoms with Crippen molar-refractivity contribution in [3.05, 3.63) is 61.5 Å². The van der Waals surface area contributed by atoms with Crippen LogP contribution in [-0.2, 0) is 16.1 Å². The van der Waals surface area contributed by atoms with Crippen LogP contribution in [0.4, 0.5) is 0 Å². The maximum atomic E-state index is 13.3. The second-order valence-corrected chi connectivity index (χ2v) is 9.80. The first-order valence-corrected chi connectivity index (χ1v) is 12.6. The number of amides is 2. The van der Waals surface area contributed by atoms with E-state index in [0.717, 1.165) is 22.0 Å². The van der Waals surface area contributed by atoms with Crippen LogP contribution in [-0.4, -0.2) is 35.4 Å². The van der Waals surface area contributed by atoms with Gasteiger partial charge in [-0.2, -0.15) is 0 Å². The van der Waals surface area contributed by atoms with E-state index in [2.05, 4.69) is 21.2 Å². The molecule has 5 nitrogen and oxygen atoms in total. The Morgan fingerprint density at radius 3 is 2.27 bits per heavy atom. The summed E-state index contributed by atoms with van der Waals surface area (Å²) in [6.07, 6.45) is 1.25. The number of carbonyl (C=O) groups is 2. The molecule has 0 radical (unpaired) electrons. The SMILES string of the molecule is CC[C@@H](C)NC(=O)[C@H](CC)N(Cc1ccc(Cl)cc1Cl)C(=O)COc1cc(C)c(Br)c(C)c1. The van der Waals surface area contributed by atoms with E-state index in [1.807, 2.05) is 46.8 Å². The number of benzene rings is 2. The molecule has 0 saturated heterocycles. The van der Waals surface area contributed by atoms with Gasteiger partial charge in [-0.05, 0) is 74.6 Å². The summed E-state index contributed by atoms with van der Waals surface area (Å²) < 4.78 is 6.84. The zero-order valence-electron chi connectivity index (χ0n) is 19.7. The van der Waals surface area contributed by atoms with Crippen LogP contribution in [0.25, 0.3) is 0 Å². The summed E-state index contributed by atoms with van der Waals surface area (Å²) in [4.78, 5) is 27.9. The minimum absolute atomic E-state index is 0.00703. The van der Waals surface area contributed by atoms with Crippen molar-refractivity contribution in [2.24, 2.45) is 0 Å². The Morgan fingerprint density at radius 1 is 1.09 bits per heavy atom. The molecule has 0 heterocycles. The van der Waals surface area contributed by atoms with Gasteiger partial charge in [0.15, 0.2) is 6.61 Å². The largest absolute Gasteiger partial charge is 0.484 e. The Balaban J connectivity index is 2.29. The lowest BCUT2D eigenvalue weighted by Gasteiger charge is -2.31. The highest BCUT2D eigenvalue weighted by Crippen LogP contribution is 2.27. The van der Waals surface area contributed by atoms with Crippen molar-refractivity contribution in [2.45, 2.75) is 66.1 Å². The van der Waals surface area contributed by atoms with Crippen LogP contribution < -0.4 is 10.1 Å². The predicted molar refractivity (Wildman–Crippen MR) is 138 cm³/mol. The average Bonchev–Trinajstić information content (AvgIpc) is 2.76. The fourth-order valence-electron chi connectivity index (χ4n) is 3.41. The lowest BCUT2D eigenvalue weighted by atomic mass is 10.1. The van der Waals surface area contributed by atoms with Crippen LogP contribution >= 0.6 is 39.1 Å². The van der Waals surface area contributed by atoms with E-state index >= 15 is 0 Å². The summed E-state index contributed by atoms with van der Waals surface area (Å²) in [5, 5.41) is 3.94. The number of rotatable bonds is 10. The van der Waals surface area contributed by atoms with Crippen LogP contribution in [0.15, 0.2) is 34.8 Å². The molecular weight excluding hydrogens is 527 g/mol. The molecule has 2 rings (SSSR count). The number of hydrogen-bond acceptors (Lipinski definition) is 3. The van der Waals surface area contributed by atoms with E-state index in [-0.39, 0.29) is 31.0 Å². The fraction of sp³-hybridized carbons (Fsp3) is 0.440. The first-order valence-electron chi connectivity index (χ1n) is 11.0. The Morgan fingerprint density at radius 2 is 1.73 bits per heavy atom.